The molecular formula is C30H38N2O6. The molecule has 0 radical (unpaired) electrons. The molecule has 2 heterocycles. The zero-order valence-electron chi connectivity index (χ0n) is 23.4. The van der Waals surface area contributed by atoms with Crippen molar-refractivity contribution in [2.45, 2.75) is 64.8 Å². The highest BCUT2D eigenvalue weighted by Crippen LogP contribution is 2.38. The molecule has 0 N–H and O–H groups in total. The van der Waals surface area contributed by atoms with Crippen LogP contribution in [0, 0.1) is 6.92 Å². The van der Waals surface area contributed by atoms with Crippen molar-refractivity contribution < 1.29 is 28.5 Å². The lowest BCUT2D eigenvalue weighted by molar-refractivity contribution is 0.00674. The van der Waals surface area contributed by atoms with Crippen LogP contribution >= 0.6 is 0 Å². The Bertz CT molecular complexity index is 1310. The number of aromatic nitrogens is 1. The molecule has 1 saturated heterocycles. The van der Waals surface area contributed by atoms with Crippen LogP contribution in [0.5, 0.6) is 5.75 Å². The normalized spacial score (nSPS) is 18.4. The van der Waals surface area contributed by atoms with Crippen molar-refractivity contribution >= 4 is 23.0 Å². The zero-order chi connectivity index (χ0) is 27.6. The van der Waals surface area contributed by atoms with E-state index in [2.05, 4.69) is 4.90 Å². The van der Waals surface area contributed by atoms with Crippen LogP contribution in [0.3, 0.4) is 0 Å². The average molecular weight is 523 g/mol. The fraction of sp³-hybridized carbons (Fsp3) is 0.467. The summed E-state index contributed by atoms with van der Waals surface area (Å²) < 4.78 is 23.7. The van der Waals surface area contributed by atoms with Crippen LogP contribution in [0.1, 0.15) is 66.7 Å². The van der Waals surface area contributed by atoms with Crippen LogP contribution < -0.4 is 4.74 Å². The zero-order valence-corrected chi connectivity index (χ0v) is 23.4. The van der Waals surface area contributed by atoms with E-state index in [1.54, 1.807) is 37.1 Å². The van der Waals surface area contributed by atoms with Gasteiger partial charge in [0.25, 0.3) is 0 Å². The van der Waals surface area contributed by atoms with Crippen molar-refractivity contribution in [3.63, 3.8) is 0 Å². The molecule has 38 heavy (non-hydrogen) atoms. The van der Waals surface area contributed by atoms with Crippen LogP contribution in [0.2, 0.25) is 0 Å². The molecule has 204 valence electrons. The van der Waals surface area contributed by atoms with Crippen molar-refractivity contribution in [2.75, 3.05) is 27.9 Å². The fourth-order valence-electron chi connectivity index (χ4n) is 5.27. The van der Waals surface area contributed by atoms with Crippen LogP contribution in [0.4, 0.5) is 4.79 Å². The Kier molecular flexibility index (Phi) is 8.13. The van der Waals surface area contributed by atoms with Gasteiger partial charge >= 0.3 is 12.1 Å². The second kappa shape index (κ2) is 11.2. The van der Waals surface area contributed by atoms with E-state index in [4.69, 9.17) is 18.9 Å². The van der Waals surface area contributed by atoms with Crippen molar-refractivity contribution in [3.05, 3.63) is 64.8 Å². The highest BCUT2D eigenvalue weighted by Gasteiger charge is 2.31. The van der Waals surface area contributed by atoms with E-state index < -0.39 is 11.7 Å². The Morgan fingerprint density at radius 3 is 2.37 bits per heavy atom. The summed E-state index contributed by atoms with van der Waals surface area (Å²) in [5.74, 6) is 0.429. The maximum absolute atomic E-state index is 13.0. The number of esters is 1. The predicted octanol–water partition coefficient (Wildman–Crippen LogP) is 5.88. The lowest BCUT2D eigenvalue weighted by Crippen LogP contribution is -2.39. The van der Waals surface area contributed by atoms with Crippen molar-refractivity contribution in [1.29, 1.82) is 0 Å². The number of rotatable bonds is 6. The molecule has 2 atom stereocenters. The Morgan fingerprint density at radius 1 is 1.05 bits per heavy atom. The fourth-order valence-corrected chi connectivity index (χ4v) is 5.27. The number of aryl methyl sites for hydroxylation is 1. The molecule has 8 heteroatoms. The Balaban J connectivity index is 1.72. The van der Waals surface area contributed by atoms with Gasteiger partial charge in [-0.15, -0.1) is 0 Å². The van der Waals surface area contributed by atoms with E-state index in [9.17, 15) is 9.59 Å². The number of methoxy groups -OCH3 is 3. The molecule has 0 amide bonds. The lowest BCUT2D eigenvalue weighted by atomic mass is 9.91. The summed E-state index contributed by atoms with van der Waals surface area (Å²) in [6.07, 6.45) is 3.24. The molecule has 2 aromatic carbocycles. The van der Waals surface area contributed by atoms with Gasteiger partial charge < -0.3 is 18.9 Å². The van der Waals surface area contributed by atoms with Gasteiger partial charge in [0.15, 0.2) is 0 Å². The molecule has 0 aliphatic carbocycles. The Morgan fingerprint density at radius 2 is 1.76 bits per heavy atom. The summed E-state index contributed by atoms with van der Waals surface area (Å²) in [7, 11) is 4.81. The summed E-state index contributed by atoms with van der Waals surface area (Å²) >= 11 is 0. The first kappa shape index (κ1) is 27.7. The molecule has 1 aliphatic rings. The summed E-state index contributed by atoms with van der Waals surface area (Å²) in [5, 5.41) is 0.960. The third-order valence-corrected chi connectivity index (χ3v) is 7.12. The minimum absolute atomic E-state index is 0.0781. The molecule has 0 bridgehead atoms. The van der Waals surface area contributed by atoms with Gasteiger partial charge in [-0.3, -0.25) is 9.47 Å². The van der Waals surface area contributed by atoms with Crippen molar-refractivity contribution in [1.82, 2.24) is 9.47 Å². The third kappa shape index (κ3) is 5.71. The summed E-state index contributed by atoms with van der Waals surface area (Å²) in [4.78, 5) is 27.4. The number of hydrogen-bond donors (Lipinski definition) is 0. The van der Waals surface area contributed by atoms with E-state index in [1.165, 1.54) is 7.11 Å². The SMILES string of the molecule is COC(=O)c1ccc([C@@H]2C[C@@H](OC)CCN2Cc2c(OC)cc(C)c3c2ccn3C(=O)OC(C)(C)C)cc1. The minimum Gasteiger partial charge on any atom is -0.496 e. The van der Waals surface area contributed by atoms with Crippen molar-refractivity contribution in [3.8, 4) is 5.75 Å². The lowest BCUT2D eigenvalue weighted by Gasteiger charge is -2.39. The predicted molar refractivity (Wildman–Crippen MR) is 146 cm³/mol. The average Bonchev–Trinajstić information content (AvgIpc) is 3.35. The Labute approximate surface area is 224 Å². The van der Waals surface area contributed by atoms with Gasteiger partial charge in [0.05, 0.1) is 31.4 Å². The Hall–Kier alpha value is -3.36. The van der Waals surface area contributed by atoms with Gasteiger partial charge in [-0.2, -0.15) is 0 Å². The number of carbonyl (C=O) groups is 2. The van der Waals surface area contributed by atoms with E-state index in [-0.39, 0.29) is 18.1 Å². The molecule has 4 rings (SSSR count). The van der Waals surface area contributed by atoms with E-state index in [0.29, 0.717) is 12.1 Å². The highest BCUT2D eigenvalue weighted by atomic mass is 16.6. The highest BCUT2D eigenvalue weighted by molar-refractivity contribution is 5.95. The maximum Gasteiger partial charge on any atom is 0.419 e. The number of likely N-dealkylation sites (tertiary alicyclic amines) is 1. The van der Waals surface area contributed by atoms with Gasteiger partial charge in [0, 0.05) is 43.4 Å². The number of nitrogens with zero attached hydrogens (tertiary/aromatic N) is 2. The first-order valence-electron chi connectivity index (χ1n) is 12.9. The number of ether oxygens (including phenoxy) is 4. The summed E-state index contributed by atoms with van der Waals surface area (Å²) in [5.41, 5.74) is 3.80. The molecule has 0 spiro atoms. The molecule has 1 aromatic heterocycles. The van der Waals surface area contributed by atoms with Gasteiger partial charge in [-0.05, 0) is 75.9 Å². The van der Waals surface area contributed by atoms with Gasteiger partial charge in [0.1, 0.15) is 11.4 Å². The van der Waals surface area contributed by atoms with E-state index in [0.717, 1.165) is 52.7 Å². The van der Waals surface area contributed by atoms with E-state index >= 15 is 0 Å². The first-order chi connectivity index (χ1) is 18.1. The molecule has 0 unspecified atom stereocenters. The number of carbonyl (C=O) groups excluding carboxylic acids is 2. The van der Waals surface area contributed by atoms with Gasteiger partial charge in [0.2, 0.25) is 0 Å². The number of benzene rings is 2. The van der Waals surface area contributed by atoms with Crippen molar-refractivity contribution in [2.24, 2.45) is 0 Å². The molecule has 0 saturated carbocycles. The maximum atomic E-state index is 13.0. The van der Waals surface area contributed by atoms with Gasteiger partial charge in [-0.25, -0.2) is 9.59 Å². The van der Waals surface area contributed by atoms with Crippen LogP contribution in [0.15, 0.2) is 42.6 Å². The standard InChI is InChI=1S/C30H38N2O6/c1-19-16-26(36-6)24(23-13-15-32(27(19)23)29(34)38-30(2,3)4)18-31-14-12-22(35-5)17-25(31)20-8-10-21(11-9-20)28(33)37-7/h8-11,13,15-16,22,25H,12,14,17-18H2,1-7H3/t22-,25-/m0/s1. The second-order valence-corrected chi connectivity index (χ2v) is 10.8. The number of piperidine rings is 1. The molecule has 1 fully saturated rings. The second-order valence-electron chi connectivity index (χ2n) is 10.8. The molecule has 3 aromatic rings. The summed E-state index contributed by atoms with van der Waals surface area (Å²) in [6.45, 7) is 9.01. The largest absolute Gasteiger partial charge is 0.496 e. The van der Waals surface area contributed by atoms with Crippen LogP contribution in [-0.2, 0) is 20.8 Å². The van der Waals surface area contributed by atoms with Gasteiger partial charge in [-0.1, -0.05) is 12.1 Å². The quantitative estimate of drug-likeness (QED) is 0.374. The molecule has 1 aliphatic heterocycles. The smallest absolute Gasteiger partial charge is 0.419 e. The third-order valence-electron chi connectivity index (χ3n) is 7.12. The van der Waals surface area contributed by atoms with Crippen LogP contribution in [-0.4, -0.2) is 61.1 Å². The topological polar surface area (TPSA) is 79.2 Å². The monoisotopic (exact) mass is 522 g/mol. The van der Waals surface area contributed by atoms with E-state index in [1.807, 2.05) is 52.0 Å². The molecular weight excluding hydrogens is 484 g/mol. The number of fused-ring (bicyclic) bond motifs is 1. The van der Waals surface area contributed by atoms with Crippen LogP contribution in [0.25, 0.3) is 10.9 Å². The minimum atomic E-state index is -0.598. The first-order valence-corrected chi connectivity index (χ1v) is 12.9. The summed E-state index contributed by atoms with van der Waals surface area (Å²) in [6, 6.07) is 11.6. The molecule has 8 nitrogen and oxygen atoms in total. The number of hydrogen-bond acceptors (Lipinski definition) is 7.